The Morgan fingerprint density at radius 1 is 1.14 bits per heavy atom. The minimum Gasteiger partial charge on any atom is -0.368 e. The van der Waals surface area contributed by atoms with Crippen LogP contribution >= 0.6 is 22.6 Å². The zero-order valence-corrected chi connectivity index (χ0v) is 13.9. The van der Waals surface area contributed by atoms with Crippen LogP contribution in [-0.4, -0.2) is 19.9 Å². The van der Waals surface area contributed by atoms with E-state index in [4.69, 9.17) is 5.73 Å². The minimum atomic E-state index is -3.80. The summed E-state index contributed by atoms with van der Waals surface area (Å²) in [4.78, 5) is 11.6. The third-order valence-electron chi connectivity index (χ3n) is 3.67. The molecule has 5 nitrogen and oxygen atoms in total. The Morgan fingerprint density at radius 2 is 1.76 bits per heavy atom. The number of amides is 1. The second kappa shape index (κ2) is 4.92. The normalized spacial score (nSPS) is 16.8. The van der Waals surface area contributed by atoms with Gasteiger partial charge in [-0.2, -0.15) is 4.72 Å². The van der Waals surface area contributed by atoms with Crippen LogP contribution in [0.1, 0.15) is 12.8 Å². The monoisotopic (exact) mass is 416 g/mol. The molecule has 0 bridgehead atoms. The first-order valence-electron chi connectivity index (χ1n) is 6.37. The van der Waals surface area contributed by atoms with E-state index >= 15 is 0 Å². The fraction of sp³-hybridized carbons (Fsp3) is 0.214. The molecule has 0 aromatic heterocycles. The van der Waals surface area contributed by atoms with Gasteiger partial charge in [0.1, 0.15) is 5.54 Å². The Kier molecular flexibility index (Phi) is 3.45. The van der Waals surface area contributed by atoms with Gasteiger partial charge in [-0.3, -0.25) is 4.79 Å². The van der Waals surface area contributed by atoms with Crippen LogP contribution in [-0.2, 0) is 14.8 Å². The molecular formula is C14H13IN2O3S. The summed E-state index contributed by atoms with van der Waals surface area (Å²) in [6, 6.07) is 10.6. The van der Waals surface area contributed by atoms with Gasteiger partial charge in [-0.15, -0.1) is 0 Å². The van der Waals surface area contributed by atoms with Gasteiger partial charge in [0.2, 0.25) is 15.9 Å². The fourth-order valence-corrected chi connectivity index (χ4v) is 4.60. The van der Waals surface area contributed by atoms with E-state index in [2.05, 4.69) is 27.3 Å². The van der Waals surface area contributed by atoms with Crippen molar-refractivity contribution in [1.82, 2.24) is 4.72 Å². The predicted molar refractivity (Wildman–Crippen MR) is 88.1 cm³/mol. The number of hydrogen-bond acceptors (Lipinski definition) is 3. The minimum absolute atomic E-state index is 0.172. The summed E-state index contributed by atoms with van der Waals surface area (Å²) >= 11 is 2.16. The average molecular weight is 416 g/mol. The molecular weight excluding hydrogens is 403 g/mol. The van der Waals surface area contributed by atoms with Crippen LogP contribution in [0.2, 0.25) is 0 Å². The molecule has 21 heavy (non-hydrogen) atoms. The standard InChI is InChI=1S/C14H13IN2O3S/c15-11-5-6-12(10-4-2-1-3-9(10)11)21(19,20)17-14(7-8-14)13(16)18/h1-6,17H,7-8H2,(H2,16,18). The van der Waals surface area contributed by atoms with Crippen LogP contribution in [0.4, 0.5) is 0 Å². The zero-order chi connectivity index (χ0) is 15.3. The topological polar surface area (TPSA) is 89.3 Å². The van der Waals surface area contributed by atoms with Crippen molar-refractivity contribution in [3.8, 4) is 0 Å². The molecule has 110 valence electrons. The van der Waals surface area contributed by atoms with E-state index in [1.807, 2.05) is 12.1 Å². The number of carbonyl (C=O) groups is 1. The molecule has 0 aliphatic heterocycles. The maximum atomic E-state index is 12.6. The molecule has 1 aliphatic carbocycles. The Bertz CT molecular complexity index is 844. The van der Waals surface area contributed by atoms with Gasteiger partial charge in [0.25, 0.3) is 0 Å². The number of hydrogen-bond donors (Lipinski definition) is 2. The summed E-state index contributed by atoms with van der Waals surface area (Å²) in [5.74, 6) is -0.624. The molecule has 1 saturated carbocycles. The lowest BCUT2D eigenvalue weighted by atomic mass is 10.1. The van der Waals surface area contributed by atoms with Crippen molar-refractivity contribution < 1.29 is 13.2 Å². The molecule has 2 aromatic rings. The third kappa shape index (κ3) is 2.53. The highest BCUT2D eigenvalue weighted by atomic mass is 127. The number of sulfonamides is 1. The van der Waals surface area contributed by atoms with Gasteiger partial charge in [-0.25, -0.2) is 8.42 Å². The Balaban J connectivity index is 2.12. The van der Waals surface area contributed by atoms with E-state index in [-0.39, 0.29) is 4.90 Å². The first-order chi connectivity index (χ1) is 9.86. The van der Waals surface area contributed by atoms with Crippen molar-refractivity contribution >= 4 is 49.3 Å². The molecule has 3 rings (SSSR count). The van der Waals surface area contributed by atoms with Gasteiger partial charge < -0.3 is 5.73 Å². The molecule has 0 spiro atoms. The number of primary amides is 1. The van der Waals surface area contributed by atoms with E-state index in [0.29, 0.717) is 18.2 Å². The number of carbonyl (C=O) groups excluding carboxylic acids is 1. The van der Waals surface area contributed by atoms with E-state index in [1.165, 1.54) is 0 Å². The molecule has 7 heteroatoms. The number of nitrogens with one attached hydrogen (secondary N) is 1. The average Bonchev–Trinajstić information content (AvgIpc) is 3.19. The smallest absolute Gasteiger partial charge is 0.242 e. The summed E-state index contributed by atoms with van der Waals surface area (Å²) in [5.41, 5.74) is 4.18. The van der Waals surface area contributed by atoms with Crippen molar-refractivity contribution in [2.75, 3.05) is 0 Å². The maximum Gasteiger partial charge on any atom is 0.242 e. The number of halogens is 1. The second-order valence-electron chi connectivity index (χ2n) is 5.14. The summed E-state index contributed by atoms with van der Waals surface area (Å²) in [6.07, 6.45) is 0.897. The maximum absolute atomic E-state index is 12.6. The molecule has 0 unspecified atom stereocenters. The van der Waals surface area contributed by atoms with Crippen molar-refractivity contribution in [1.29, 1.82) is 0 Å². The highest BCUT2D eigenvalue weighted by molar-refractivity contribution is 14.1. The molecule has 3 N–H and O–H groups in total. The zero-order valence-electron chi connectivity index (χ0n) is 11.0. The lowest BCUT2D eigenvalue weighted by molar-refractivity contribution is -0.120. The summed E-state index contributed by atoms with van der Waals surface area (Å²) in [6.45, 7) is 0. The van der Waals surface area contributed by atoms with E-state index in [1.54, 1.807) is 24.3 Å². The van der Waals surface area contributed by atoms with Crippen LogP contribution in [0.25, 0.3) is 10.8 Å². The fourth-order valence-electron chi connectivity index (χ4n) is 2.30. The molecule has 0 radical (unpaired) electrons. The first kappa shape index (κ1) is 14.7. The summed E-state index contributed by atoms with van der Waals surface area (Å²) in [5, 5.41) is 1.50. The van der Waals surface area contributed by atoms with Gasteiger partial charge in [0.05, 0.1) is 4.90 Å². The summed E-state index contributed by atoms with van der Waals surface area (Å²) in [7, 11) is -3.80. The Hall–Kier alpha value is -1.19. The molecule has 1 amide bonds. The molecule has 1 aliphatic rings. The molecule has 0 atom stereocenters. The van der Waals surface area contributed by atoms with Crippen LogP contribution in [0.5, 0.6) is 0 Å². The highest BCUT2D eigenvalue weighted by Crippen LogP contribution is 2.37. The van der Waals surface area contributed by atoms with Gasteiger partial charge in [-0.05, 0) is 53.0 Å². The molecule has 0 heterocycles. The van der Waals surface area contributed by atoms with Crippen molar-refractivity contribution in [2.45, 2.75) is 23.3 Å². The Morgan fingerprint density at radius 3 is 2.33 bits per heavy atom. The second-order valence-corrected chi connectivity index (χ2v) is 7.96. The van der Waals surface area contributed by atoms with Crippen LogP contribution in [0, 0.1) is 3.57 Å². The van der Waals surface area contributed by atoms with Crippen LogP contribution in [0.15, 0.2) is 41.3 Å². The van der Waals surface area contributed by atoms with Gasteiger partial charge in [0.15, 0.2) is 0 Å². The lowest BCUT2D eigenvalue weighted by Crippen LogP contribution is -2.46. The van der Waals surface area contributed by atoms with Crippen LogP contribution < -0.4 is 10.5 Å². The first-order valence-corrected chi connectivity index (χ1v) is 8.93. The molecule has 2 aromatic carbocycles. The lowest BCUT2D eigenvalue weighted by Gasteiger charge is -2.15. The van der Waals surface area contributed by atoms with Crippen molar-refractivity contribution in [3.05, 3.63) is 40.0 Å². The van der Waals surface area contributed by atoms with Crippen molar-refractivity contribution in [3.63, 3.8) is 0 Å². The largest absolute Gasteiger partial charge is 0.368 e. The third-order valence-corrected chi connectivity index (χ3v) is 6.21. The summed E-state index contributed by atoms with van der Waals surface area (Å²) < 4.78 is 28.6. The number of nitrogens with two attached hydrogens (primary N) is 1. The number of benzene rings is 2. The SMILES string of the molecule is NC(=O)C1(NS(=O)(=O)c2ccc(I)c3ccccc23)CC1. The Labute approximate surface area is 136 Å². The molecule has 0 saturated heterocycles. The number of fused-ring (bicyclic) bond motifs is 1. The highest BCUT2D eigenvalue weighted by Gasteiger charge is 2.51. The van der Waals surface area contributed by atoms with E-state index < -0.39 is 21.5 Å². The van der Waals surface area contributed by atoms with E-state index in [9.17, 15) is 13.2 Å². The van der Waals surface area contributed by atoms with Gasteiger partial charge in [-0.1, -0.05) is 24.3 Å². The van der Waals surface area contributed by atoms with Gasteiger partial charge in [0, 0.05) is 8.96 Å². The van der Waals surface area contributed by atoms with E-state index in [0.717, 1.165) is 8.96 Å². The predicted octanol–water partition coefficient (Wildman–Crippen LogP) is 1.74. The van der Waals surface area contributed by atoms with Crippen molar-refractivity contribution in [2.24, 2.45) is 5.73 Å². The quantitative estimate of drug-likeness (QED) is 0.745. The van der Waals surface area contributed by atoms with Gasteiger partial charge >= 0.3 is 0 Å². The number of rotatable bonds is 4. The van der Waals surface area contributed by atoms with Crippen LogP contribution in [0.3, 0.4) is 0 Å². The molecule has 1 fully saturated rings.